The van der Waals surface area contributed by atoms with E-state index in [4.69, 9.17) is 4.98 Å². The first-order valence-corrected chi connectivity index (χ1v) is 11.8. The van der Waals surface area contributed by atoms with Gasteiger partial charge in [0, 0.05) is 21.8 Å². The number of imidazole rings is 2. The van der Waals surface area contributed by atoms with Gasteiger partial charge in [-0.05, 0) is 59.7 Å². The number of nitrogens with one attached hydrogen (secondary N) is 1. The Bertz CT molecular complexity index is 2050. The molecule has 0 spiro atoms. The fraction of sp³-hybridized carbons (Fsp3) is 0. The highest BCUT2D eigenvalue weighted by Gasteiger charge is 2.17. The van der Waals surface area contributed by atoms with Gasteiger partial charge in [-0.25, -0.2) is 4.98 Å². The third-order valence-electron chi connectivity index (χ3n) is 7.05. The van der Waals surface area contributed by atoms with Crippen LogP contribution in [-0.2, 0) is 0 Å². The fourth-order valence-corrected chi connectivity index (χ4v) is 5.45. The van der Waals surface area contributed by atoms with E-state index in [1.54, 1.807) is 0 Å². The van der Waals surface area contributed by atoms with E-state index in [2.05, 4.69) is 123 Å². The average Bonchev–Trinajstić information content (AvgIpc) is 3.56. The van der Waals surface area contributed by atoms with Gasteiger partial charge in [0.15, 0.2) is 0 Å². The van der Waals surface area contributed by atoms with Crippen LogP contribution < -0.4 is 0 Å². The number of hydrogen-bond acceptors (Lipinski definition) is 1. The van der Waals surface area contributed by atoms with Gasteiger partial charge in [0.25, 0.3) is 0 Å². The molecule has 8 rings (SSSR count). The minimum atomic E-state index is 0.925. The van der Waals surface area contributed by atoms with Crippen LogP contribution in [0.25, 0.3) is 66.5 Å². The lowest BCUT2D eigenvalue weighted by molar-refractivity contribution is 1.11. The summed E-state index contributed by atoms with van der Waals surface area (Å²) in [5.74, 6) is 0.925. The number of para-hydroxylation sites is 4. The summed E-state index contributed by atoms with van der Waals surface area (Å²) in [5, 5.41) is 2.46. The highest BCUT2D eigenvalue weighted by Crippen LogP contribution is 2.33. The molecule has 0 aliphatic heterocycles. The first-order valence-electron chi connectivity index (χ1n) is 11.8. The summed E-state index contributed by atoms with van der Waals surface area (Å²) < 4.78 is 4.52. The van der Waals surface area contributed by atoms with E-state index >= 15 is 0 Å². The van der Waals surface area contributed by atoms with Gasteiger partial charge in [-0.15, -0.1) is 0 Å². The monoisotopic (exact) mass is 448 g/mol. The molecule has 3 aromatic heterocycles. The lowest BCUT2D eigenvalue weighted by Crippen LogP contribution is -1.94. The molecule has 0 saturated heterocycles. The molecule has 0 atom stereocenters. The molecule has 0 unspecified atom stereocenters. The second-order valence-electron chi connectivity index (χ2n) is 9.04. The molecule has 164 valence electrons. The molecule has 0 amide bonds. The number of rotatable bonds is 2. The van der Waals surface area contributed by atoms with Crippen molar-refractivity contribution in [1.29, 1.82) is 0 Å². The topological polar surface area (TPSA) is 38.0 Å². The molecule has 0 aliphatic carbocycles. The number of benzene rings is 5. The number of nitrogens with zero attached hydrogens (tertiary/aromatic N) is 3. The van der Waals surface area contributed by atoms with Crippen LogP contribution in [0.4, 0.5) is 0 Å². The lowest BCUT2D eigenvalue weighted by atomic mass is 10.0. The number of aromatic amines is 1. The highest BCUT2D eigenvalue weighted by atomic mass is 15.2. The summed E-state index contributed by atoms with van der Waals surface area (Å²) in [4.78, 5) is 8.65. The Balaban J connectivity index is 1.39. The summed E-state index contributed by atoms with van der Waals surface area (Å²) in [6.45, 7) is 0. The zero-order valence-electron chi connectivity index (χ0n) is 18.8. The quantitative estimate of drug-likeness (QED) is 0.289. The van der Waals surface area contributed by atoms with Crippen molar-refractivity contribution in [2.75, 3.05) is 0 Å². The predicted molar refractivity (Wildman–Crippen MR) is 144 cm³/mol. The smallest absolute Gasteiger partial charge is 0.220 e. The Morgan fingerprint density at radius 1 is 0.543 bits per heavy atom. The molecule has 0 aliphatic rings. The maximum Gasteiger partial charge on any atom is 0.220 e. The van der Waals surface area contributed by atoms with E-state index in [9.17, 15) is 0 Å². The van der Waals surface area contributed by atoms with Crippen LogP contribution in [0.3, 0.4) is 0 Å². The van der Waals surface area contributed by atoms with Crippen molar-refractivity contribution in [1.82, 2.24) is 18.9 Å². The minimum absolute atomic E-state index is 0.925. The van der Waals surface area contributed by atoms with E-state index in [0.717, 1.165) is 44.6 Å². The summed E-state index contributed by atoms with van der Waals surface area (Å²) in [5.41, 5.74) is 10.2. The Morgan fingerprint density at radius 3 is 2.20 bits per heavy atom. The zero-order chi connectivity index (χ0) is 22.9. The Kier molecular flexibility index (Phi) is 3.63. The third kappa shape index (κ3) is 2.59. The van der Waals surface area contributed by atoms with Gasteiger partial charge in [0.2, 0.25) is 5.78 Å². The predicted octanol–water partition coefficient (Wildman–Crippen LogP) is 7.73. The highest BCUT2D eigenvalue weighted by molar-refractivity contribution is 6.09. The van der Waals surface area contributed by atoms with Gasteiger partial charge >= 0.3 is 0 Å². The first-order chi connectivity index (χ1) is 17.3. The molecule has 4 heteroatoms. The lowest BCUT2D eigenvalue weighted by Gasteiger charge is -2.06. The van der Waals surface area contributed by atoms with Crippen molar-refractivity contribution in [3.63, 3.8) is 0 Å². The van der Waals surface area contributed by atoms with E-state index in [1.807, 2.05) is 6.07 Å². The Hall–Kier alpha value is -4.83. The molecule has 1 N–H and O–H groups in total. The van der Waals surface area contributed by atoms with Crippen LogP contribution in [0.15, 0.2) is 115 Å². The average molecular weight is 449 g/mol. The molecule has 0 fully saturated rings. The van der Waals surface area contributed by atoms with Crippen LogP contribution >= 0.6 is 0 Å². The molecule has 35 heavy (non-hydrogen) atoms. The van der Waals surface area contributed by atoms with Crippen molar-refractivity contribution < 1.29 is 0 Å². The fourth-order valence-electron chi connectivity index (χ4n) is 5.45. The maximum atomic E-state index is 5.01. The van der Waals surface area contributed by atoms with Crippen molar-refractivity contribution in [3.05, 3.63) is 115 Å². The summed E-state index contributed by atoms with van der Waals surface area (Å²) in [6, 6.07) is 40.7. The largest absolute Gasteiger partial charge is 0.354 e. The van der Waals surface area contributed by atoms with Gasteiger partial charge in [-0.3, -0.25) is 8.97 Å². The van der Waals surface area contributed by atoms with Crippen LogP contribution in [0.2, 0.25) is 0 Å². The van der Waals surface area contributed by atoms with Gasteiger partial charge in [0.05, 0.1) is 27.8 Å². The molecule has 4 nitrogen and oxygen atoms in total. The SMILES string of the molecule is c1ccc(-c2ccc3[nH]c4cc(-n5c6ccccc6n6c7ccccc7nc56)ccc4c3c2)cc1. The van der Waals surface area contributed by atoms with E-state index in [1.165, 1.54) is 21.9 Å². The molecule has 0 radical (unpaired) electrons. The summed E-state index contributed by atoms with van der Waals surface area (Å²) >= 11 is 0. The van der Waals surface area contributed by atoms with E-state index in [-0.39, 0.29) is 0 Å². The molecule has 0 saturated carbocycles. The molecule has 5 aromatic carbocycles. The Morgan fingerprint density at radius 2 is 1.31 bits per heavy atom. The van der Waals surface area contributed by atoms with Crippen molar-refractivity contribution in [2.45, 2.75) is 0 Å². The van der Waals surface area contributed by atoms with Gasteiger partial charge in [0.1, 0.15) is 0 Å². The first kappa shape index (κ1) is 18.6. The third-order valence-corrected chi connectivity index (χ3v) is 7.05. The second kappa shape index (κ2) is 6.84. The van der Waals surface area contributed by atoms with Gasteiger partial charge in [-0.2, -0.15) is 0 Å². The summed E-state index contributed by atoms with van der Waals surface area (Å²) in [7, 11) is 0. The van der Waals surface area contributed by atoms with Crippen LogP contribution in [0, 0.1) is 0 Å². The normalized spacial score (nSPS) is 12.0. The van der Waals surface area contributed by atoms with Crippen LogP contribution in [-0.4, -0.2) is 18.9 Å². The van der Waals surface area contributed by atoms with Crippen LogP contribution in [0.1, 0.15) is 0 Å². The zero-order valence-corrected chi connectivity index (χ0v) is 18.8. The molecule has 8 aromatic rings. The van der Waals surface area contributed by atoms with Crippen molar-refractivity contribution in [3.8, 4) is 16.8 Å². The Labute approximate surface area is 200 Å². The molecular weight excluding hydrogens is 428 g/mol. The number of hydrogen-bond donors (Lipinski definition) is 1. The second-order valence-corrected chi connectivity index (χ2v) is 9.04. The van der Waals surface area contributed by atoms with E-state index < -0.39 is 0 Å². The van der Waals surface area contributed by atoms with E-state index in [0.29, 0.717) is 0 Å². The van der Waals surface area contributed by atoms with Crippen molar-refractivity contribution in [2.24, 2.45) is 0 Å². The van der Waals surface area contributed by atoms with Gasteiger partial charge < -0.3 is 4.98 Å². The van der Waals surface area contributed by atoms with Crippen LogP contribution in [0.5, 0.6) is 0 Å². The number of H-pyrrole nitrogens is 1. The number of fused-ring (bicyclic) bond motifs is 8. The minimum Gasteiger partial charge on any atom is -0.354 e. The van der Waals surface area contributed by atoms with Gasteiger partial charge in [-0.1, -0.05) is 66.7 Å². The molecular formula is C31H20N4. The van der Waals surface area contributed by atoms with Crippen molar-refractivity contribution >= 4 is 49.7 Å². The standard InChI is InChI=1S/C31H20N4/c1-2-8-20(9-3-1)21-14-17-25-24(18-21)23-16-15-22(19-27(23)32-25)34-29-12-6-7-13-30(29)35-28-11-5-4-10-26(28)33-31(34)35/h1-19,32H. The summed E-state index contributed by atoms with van der Waals surface area (Å²) in [6.07, 6.45) is 0. The molecule has 3 heterocycles. The number of aromatic nitrogens is 4. The molecule has 0 bridgehead atoms. The maximum absolute atomic E-state index is 5.01.